The molecule has 5 heteroatoms. The molecule has 0 bridgehead atoms. The molecule has 1 atom stereocenters. The van der Waals surface area contributed by atoms with E-state index in [-0.39, 0.29) is 6.04 Å². The van der Waals surface area contributed by atoms with Crippen molar-refractivity contribution in [1.29, 1.82) is 0 Å². The number of halogens is 1. The maximum atomic E-state index is 6.13. The lowest BCUT2D eigenvalue weighted by atomic mass is 10.1. The number of para-hydroxylation sites is 1. The summed E-state index contributed by atoms with van der Waals surface area (Å²) in [7, 11) is 0. The average molecular weight is 363 g/mol. The molecule has 0 heterocycles. The molecule has 2 aromatic rings. The zero-order chi connectivity index (χ0) is 17.7. The second-order valence-electron chi connectivity index (χ2n) is 5.94. The van der Waals surface area contributed by atoms with E-state index in [0.29, 0.717) is 16.7 Å². The number of hydrogen-bond acceptors (Lipinski definition) is 2. The van der Waals surface area contributed by atoms with E-state index in [2.05, 4.69) is 36.6 Å². The highest BCUT2D eigenvalue weighted by Crippen LogP contribution is 2.23. The molecule has 0 saturated heterocycles. The van der Waals surface area contributed by atoms with E-state index in [0.717, 1.165) is 28.1 Å². The quantitative estimate of drug-likeness (QED) is 0.732. The monoisotopic (exact) mass is 362 g/mol. The number of rotatable bonds is 5. The van der Waals surface area contributed by atoms with Gasteiger partial charge in [-0.3, -0.25) is 0 Å². The average Bonchev–Trinajstić information content (AvgIpc) is 2.51. The summed E-state index contributed by atoms with van der Waals surface area (Å²) < 4.78 is 5.95. The molecule has 0 amide bonds. The number of ether oxygens (including phenoxy) is 1. The maximum absolute atomic E-state index is 6.13. The summed E-state index contributed by atoms with van der Waals surface area (Å²) in [5.41, 5.74) is 4.15. The third kappa shape index (κ3) is 4.86. The molecular formula is C19H23ClN2OS. The molecule has 2 N–H and O–H groups in total. The molecule has 2 aromatic carbocycles. The fourth-order valence-corrected chi connectivity index (χ4v) is 2.89. The van der Waals surface area contributed by atoms with Crippen molar-refractivity contribution < 1.29 is 4.74 Å². The largest absolute Gasteiger partial charge is 0.491 e. The second-order valence-corrected chi connectivity index (χ2v) is 6.76. The molecule has 0 radical (unpaired) electrons. The summed E-state index contributed by atoms with van der Waals surface area (Å²) >= 11 is 11.5. The summed E-state index contributed by atoms with van der Waals surface area (Å²) in [5.74, 6) is 0.940. The maximum Gasteiger partial charge on any atom is 0.171 e. The molecule has 3 nitrogen and oxygen atoms in total. The first-order valence-electron chi connectivity index (χ1n) is 7.90. The van der Waals surface area contributed by atoms with Crippen LogP contribution in [-0.2, 0) is 0 Å². The lowest BCUT2D eigenvalue weighted by molar-refractivity contribution is 0.283. The smallest absolute Gasteiger partial charge is 0.171 e. The minimum atomic E-state index is 0.0727. The molecule has 0 aliphatic heterocycles. The van der Waals surface area contributed by atoms with Crippen molar-refractivity contribution in [3.8, 4) is 5.75 Å². The van der Waals surface area contributed by atoms with Gasteiger partial charge in [0.1, 0.15) is 12.4 Å². The van der Waals surface area contributed by atoms with Crippen LogP contribution in [0, 0.1) is 20.8 Å². The first kappa shape index (κ1) is 18.6. The van der Waals surface area contributed by atoms with Gasteiger partial charge in [-0.05, 0) is 68.7 Å². The molecule has 0 aliphatic rings. The Bertz CT molecular complexity index is 713. The predicted molar refractivity (Wildman–Crippen MR) is 106 cm³/mol. The summed E-state index contributed by atoms with van der Waals surface area (Å²) in [4.78, 5) is 0. The van der Waals surface area contributed by atoms with Gasteiger partial charge in [-0.1, -0.05) is 35.9 Å². The normalized spacial score (nSPS) is 11.7. The van der Waals surface area contributed by atoms with E-state index >= 15 is 0 Å². The fraction of sp³-hybridized carbons (Fsp3) is 0.316. The van der Waals surface area contributed by atoms with Gasteiger partial charge in [0, 0.05) is 10.7 Å². The van der Waals surface area contributed by atoms with Gasteiger partial charge >= 0.3 is 0 Å². The molecule has 0 aliphatic carbocycles. The number of hydrogen-bond donors (Lipinski definition) is 2. The van der Waals surface area contributed by atoms with Crippen LogP contribution >= 0.6 is 23.8 Å². The van der Waals surface area contributed by atoms with E-state index in [1.54, 1.807) is 0 Å². The zero-order valence-electron chi connectivity index (χ0n) is 14.4. The van der Waals surface area contributed by atoms with Crippen LogP contribution in [0.25, 0.3) is 0 Å². The van der Waals surface area contributed by atoms with Gasteiger partial charge in [0.05, 0.1) is 6.04 Å². The lowest BCUT2D eigenvalue weighted by Crippen LogP contribution is -2.39. The minimum Gasteiger partial charge on any atom is -0.491 e. The summed E-state index contributed by atoms with van der Waals surface area (Å²) in [6.45, 7) is 8.62. The molecule has 1 unspecified atom stereocenters. The van der Waals surface area contributed by atoms with Crippen molar-refractivity contribution in [2.75, 3.05) is 11.9 Å². The van der Waals surface area contributed by atoms with Crippen molar-refractivity contribution in [1.82, 2.24) is 5.32 Å². The molecule has 0 fully saturated rings. The summed E-state index contributed by atoms with van der Waals surface area (Å²) in [5, 5.41) is 7.69. The standard InChI is InChI=1S/C19H23ClN2OS/c1-12-7-5-8-13(2)18(12)23-11-14(3)21-19(24)22-17-10-6-9-16(20)15(17)4/h5-10,14H,11H2,1-4H3,(H2,21,22,24). The Kier molecular flexibility index (Phi) is 6.46. The van der Waals surface area contributed by atoms with Crippen LogP contribution in [0.1, 0.15) is 23.6 Å². The molecule has 2 rings (SSSR count). The van der Waals surface area contributed by atoms with Gasteiger partial charge < -0.3 is 15.4 Å². The molecule has 0 spiro atoms. The van der Waals surface area contributed by atoms with Crippen LogP contribution in [0.5, 0.6) is 5.75 Å². The van der Waals surface area contributed by atoms with E-state index in [1.165, 1.54) is 0 Å². The van der Waals surface area contributed by atoms with Gasteiger partial charge in [0.25, 0.3) is 0 Å². The highest BCUT2D eigenvalue weighted by Gasteiger charge is 2.09. The van der Waals surface area contributed by atoms with Gasteiger partial charge in [0.2, 0.25) is 0 Å². The molecular weight excluding hydrogens is 340 g/mol. The lowest BCUT2D eigenvalue weighted by Gasteiger charge is -2.20. The molecule has 128 valence electrons. The zero-order valence-corrected chi connectivity index (χ0v) is 16.0. The third-order valence-corrected chi connectivity index (χ3v) is 4.41. The second kappa shape index (κ2) is 8.36. The van der Waals surface area contributed by atoms with Crippen LogP contribution in [0.2, 0.25) is 5.02 Å². The first-order valence-corrected chi connectivity index (χ1v) is 8.68. The highest BCUT2D eigenvalue weighted by molar-refractivity contribution is 7.80. The SMILES string of the molecule is Cc1cccc(C)c1OCC(C)NC(=S)Nc1cccc(Cl)c1C. The van der Waals surface area contributed by atoms with Crippen LogP contribution < -0.4 is 15.4 Å². The fourth-order valence-electron chi connectivity index (χ4n) is 2.40. The van der Waals surface area contributed by atoms with Crippen LogP contribution in [0.15, 0.2) is 36.4 Å². The Morgan fingerprint density at radius 1 is 1.12 bits per heavy atom. The van der Waals surface area contributed by atoms with E-state index in [9.17, 15) is 0 Å². The number of thiocarbonyl (C=S) groups is 1. The van der Waals surface area contributed by atoms with Crippen molar-refractivity contribution >= 4 is 34.6 Å². The Balaban J connectivity index is 1.89. The minimum absolute atomic E-state index is 0.0727. The van der Waals surface area contributed by atoms with Crippen LogP contribution in [0.3, 0.4) is 0 Å². The number of anilines is 1. The molecule has 24 heavy (non-hydrogen) atoms. The van der Waals surface area contributed by atoms with Crippen molar-refractivity contribution in [3.05, 3.63) is 58.1 Å². The van der Waals surface area contributed by atoms with Gasteiger partial charge in [0.15, 0.2) is 5.11 Å². The first-order chi connectivity index (χ1) is 11.4. The summed E-state index contributed by atoms with van der Waals surface area (Å²) in [6.07, 6.45) is 0. The Labute approximate surface area is 154 Å². The van der Waals surface area contributed by atoms with Crippen molar-refractivity contribution in [3.63, 3.8) is 0 Å². The highest BCUT2D eigenvalue weighted by atomic mass is 35.5. The van der Waals surface area contributed by atoms with Crippen LogP contribution in [-0.4, -0.2) is 17.8 Å². The van der Waals surface area contributed by atoms with E-state index in [4.69, 9.17) is 28.6 Å². The van der Waals surface area contributed by atoms with Gasteiger partial charge in [-0.2, -0.15) is 0 Å². The van der Waals surface area contributed by atoms with Gasteiger partial charge in [-0.15, -0.1) is 0 Å². The van der Waals surface area contributed by atoms with Crippen molar-refractivity contribution in [2.45, 2.75) is 33.7 Å². The van der Waals surface area contributed by atoms with E-state index in [1.807, 2.05) is 38.1 Å². The predicted octanol–water partition coefficient (Wildman–Crippen LogP) is 5.02. The Morgan fingerprint density at radius 3 is 2.42 bits per heavy atom. The van der Waals surface area contributed by atoms with Gasteiger partial charge in [-0.25, -0.2) is 0 Å². The Hall–Kier alpha value is -1.78. The molecule has 0 aromatic heterocycles. The topological polar surface area (TPSA) is 33.3 Å². The summed E-state index contributed by atoms with van der Waals surface area (Å²) in [6, 6.07) is 11.9. The Morgan fingerprint density at radius 2 is 1.75 bits per heavy atom. The number of nitrogens with one attached hydrogen (secondary N) is 2. The molecule has 0 saturated carbocycles. The number of aryl methyl sites for hydroxylation is 2. The number of benzene rings is 2. The van der Waals surface area contributed by atoms with Crippen LogP contribution in [0.4, 0.5) is 5.69 Å². The van der Waals surface area contributed by atoms with Crippen molar-refractivity contribution in [2.24, 2.45) is 0 Å². The van der Waals surface area contributed by atoms with E-state index < -0.39 is 0 Å². The third-order valence-electron chi connectivity index (χ3n) is 3.78.